The molecular formula is C23H22ClN7O. The predicted octanol–water partition coefficient (Wildman–Crippen LogP) is 4.71. The number of fused-ring (bicyclic) bond motifs is 1. The Morgan fingerprint density at radius 1 is 1.00 bits per heavy atom. The molecule has 0 spiro atoms. The molecule has 0 atom stereocenters. The molecule has 9 heteroatoms. The van der Waals surface area contributed by atoms with E-state index in [1.807, 2.05) is 49.4 Å². The van der Waals surface area contributed by atoms with E-state index in [-0.39, 0.29) is 0 Å². The Morgan fingerprint density at radius 2 is 1.84 bits per heavy atom. The smallest absolute Gasteiger partial charge is 0.229 e. The summed E-state index contributed by atoms with van der Waals surface area (Å²) < 4.78 is 5.48. The van der Waals surface area contributed by atoms with Crippen molar-refractivity contribution in [2.24, 2.45) is 0 Å². The van der Waals surface area contributed by atoms with Gasteiger partial charge in [-0.25, -0.2) is 4.98 Å². The van der Waals surface area contributed by atoms with Crippen LogP contribution in [0, 0.1) is 6.92 Å². The van der Waals surface area contributed by atoms with Gasteiger partial charge in [-0.05, 0) is 30.7 Å². The molecule has 0 bridgehead atoms. The predicted molar refractivity (Wildman–Crippen MR) is 127 cm³/mol. The molecule has 2 aromatic heterocycles. The van der Waals surface area contributed by atoms with Gasteiger partial charge in [0, 0.05) is 24.7 Å². The van der Waals surface area contributed by atoms with Crippen LogP contribution in [0.1, 0.15) is 5.56 Å². The minimum atomic E-state index is 0.467. The number of rotatable bonds is 5. The van der Waals surface area contributed by atoms with E-state index < -0.39 is 0 Å². The summed E-state index contributed by atoms with van der Waals surface area (Å²) in [6.07, 6.45) is 3.41. The van der Waals surface area contributed by atoms with Crippen molar-refractivity contribution in [1.29, 1.82) is 0 Å². The number of aryl methyl sites for hydroxylation is 1. The molecule has 1 aliphatic heterocycles. The van der Waals surface area contributed by atoms with Crippen molar-refractivity contribution in [2.75, 3.05) is 41.8 Å². The van der Waals surface area contributed by atoms with Gasteiger partial charge in [0.05, 0.1) is 47.0 Å². The molecule has 0 saturated carbocycles. The van der Waals surface area contributed by atoms with Gasteiger partial charge in [-0.3, -0.25) is 0 Å². The van der Waals surface area contributed by atoms with Crippen LogP contribution in [0.3, 0.4) is 0 Å². The number of ether oxygens (including phenoxy) is 1. The lowest BCUT2D eigenvalue weighted by Crippen LogP contribution is -2.36. The Kier molecular flexibility index (Phi) is 5.70. The van der Waals surface area contributed by atoms with Gasteiger partial charge < -0.3 is 20.3 Å². The lowest BCUT2D eigenvalue weighted by Gasteiger charge is -2.31. The summed E-state index contributed by atoms with van der Waals surface area (Å²) in [4.78, 5) is 11.2. The van der Waals surface area contributed by atoms with E-state index >= 15 is 0 Å². The van der Waals surface area contributed by atoms with Gasteiger partial charge in [-0.1, -0.05) is 35.9 Å². The molecule has 162 valence electrons. The van der Waals surface area contributed by atoms with Crippen LogP contribution >= 0.6 is 11.6 Å². The maximum absolute atomic E-state index is 6.55. The lowest BCUT2D eigenvalue weighted by atomic mass is 10.1. The van der Waals surface area contributed by atoms with Crippen LogP contribution in [-0.4, -0.2) is 46.5 Å². The first-order valence-electron chi connectivity index (χ1n) is 10.4. The number of anilines is 5. The monoisotopic (exact) mass is 447 g/mol. The van der Waals surface area contributed by atoms with Gasteiger partial charge in [-0.2, -0.15) is 15.2 Å². The molecular weight excluding hydrogens is 426 g/mol. The molecule has 5 rings (SSSR count). The van der Waals surface area contributed by atoms with Gasteiger partial charge in [0.2, 0.25) is 5.95 Å². The first-order chi connectivity index (χ1) is 15.7. The Morgan fingerprint density at radius 3 is 2.72 bits per heavy atom. The lowest BCUT2D eigenvalue weighted by molar-refractivity contribution is 0.123. The largest absolute Gasteiger partial charge is 0.378 e. The van der Waals surface area contributed by atoms with Crippen molar-refractivity contribution >= 4 is 51.3 Å². The highest BCUT2D eigenvalue weighted by Crippen LogP contribution is 2.36. The van der Waals surface area contributed by atoms with Crippen LogP contribution in [0.5, 0.6) is 0 Å². The van der Waals surface area contributed by atoms with Crippen LogP contribution in [0.15, 0.2) is 54.9 Å². The molecule has 0 amide bonds. The Labute approximate surface area is 190 Å². The summed E-state index contributed by atoms with van der Waals surface area (Å²) in [5, 5.41) is 16.7. The maximum atomic E-state index is 6.55. The topological polar surface area (TPSA) is 88.1 Å². The fraction of sp³-hybridized carbons (Fsp3) is 0.217. The van der Waals surface area contributed by atoms with E-state index in [1.54, 1.807) is 12.4 Å². The summed E-state index contributed by atoms with van der Waals surface area (Å²) in [6, 6.07) is 13.6. The third-order valence-corrected chi connectivity index (χ3v) is 5.66. The zero-order valence-electron chi connectivity index (χ0n) is 17.5. The summed E-state index contributed by atoms with van der Waals surface area (Å²) in [7, 11) is 0. The number of hydrogen-bond donors (Lipinski definition) is 2. The molecule has 0 aliphatic carbocycles. The van der Waals surface area contributed by atoms with E-state index in [1.165, 1.54) is 0 Å². The second kappa shape index (κ2) is 8.94. The molecule has 2 aromatic carbocycles. The number of para-hydroxylation sites is 1. The summed E-state index contributed by atoms with van der Waals surface area (Å²) in [6.45, 7) is 4.93. The minimum absolute atomic E-state index is 0.467. The second-order valence-corrected chi connectivity index (χ2v) is 7.89. The third-order valence-electron chi connectivity index (χ3n) is 5.35. The first kappa shape index (κ1) is 20.4. The van der Waals surface area contributed by atoms with Gasteiger partial charge >= 0.3 is 0 Å². The molecule has 8 nitrogen and oxygen atoms in total. The SMILES string of the molecule is Cc1cccc2c(Nc3ccnc(Nc4cccc(Cl)c4N4CCOCC4)n3)cnnc12. The highest BCUT2D eigenvalue weighted by molar-refractivity contribution is 6.34. The highest BCUT2D eigenvalue weighted by Gasteiger charge is 2.18. The molecule has 0 radical (unpaired) electrons. The average molecular weight is 448 g/mol. The van der Waals surface area contributed by atoms with Crippen molar-refractivity contribution in [2.45, 2.75) is 6.92 Å². The van der Waals surface area contributed by atoms with Crippen molar-refractivity contribution in [3.63, 3.8) is 0 Å². The van der Waals surface area contributed by atoms with Crippen LogP contribution in [0.4, 0.5) is 28.8 Å². The molecule has 0 unspecified atom stereocenters. The maximum Gasteiger partial charge on any atom is 0.229 e. The number of nitrogens with zero attached hydrogens (tertiary/aromatic N) is 5. The summed E-state index contributed by atoms with van der Waals surface area (Å²) >= 11 is 6.55. The quantitative estimate of drug-likeness (QED) is 0.455. The third kappa shape index (κ3) is 4.15. The Hall–Kier alpha value is -3.49. The van der Waals surface area contributed by atoms with Gasteiger partial charge in [0.1, 0.15) is 5.82 Å². The van der Waals surface area contributed by atoms with Crippen LogP contribution in [-0.2, 0) is 4.74 Å². The van der Waals surface area contributed by atoms with E-state index in [2.05, 4.69) is 35.7 Å². The molecule has 2 N–H and O–H groups in total. The average Bonchev–Trinajstić information content (AvgIpc) is 2.81. The second-order valence-electron chi connectivity index (χ2n) is 7.48. The van der Waals surface area contributed by atoms with E-state index in [4.69, 9.17) is 16.3 Å². The van der Waals surface area contributed by atoms with Crippen molar-refractivity contribution in [1.82, 2.24) is 20.2 Å². The molecule has 32 heavy (non-hydrogen) atoms. The molecule has 1 fully saturated rings. The minimum Gasteiger partial charge on any atom is -0.378 e. The number of halogens is 1. The van der Waals surface area contributed by atoms with Crippen LogP contribution in [0.2, 0.25) is 5.02 Å². The zero-order valence-corrected chi connectivity index (χ0v) is 18.3. The van der Waals surface area contributed by atoms with Crippen LogP contribution in [0.25, 0.3) is 10.9 Å². The molecule has 1 saturated heterocycles. The highest BCUT2D eigenvalue weighted by atomic mass is 35.5. The first-order valence-corrected chi connectivity index (χ1v) is 10.8. The summed E-state index contributed by atoms with van der Waals surface area (Å²) in [5.41, 5.74) is 4.54. The standard InChI is InChI=1S/C23H22ClN7O/c1-15-4-2-5-16-19(14-26-30-21(15)16)27-20-8-9-25-23(29-20)28-18-7-3-6-17(24)22(18)31-10-12-32-13-11-31/h2-9,14H,10-13H2,1H3,(H2,25,27,28,29,30). The Bertz CT molecular complexity index is 1260. The number of aromatic nitrogens is 4. The fourth-order valence-electron chi connectivity index (χ4n) is 3.79. The van der Waals surface area contributed by atoms with E-state index in [0.29, 0.717) is 30.0 Å². The van der Waals surface area contributed by atoms with Gasteiger partial charge in [0.25, 0.3) is 0 Å². The van der Waals surface area contributed by atoms with E-state index in [0.717, 1.165) is 46.6 Å². The van der Waals surface area contributed by atoms with Crippen molar-refractivity contribution in [3.05, 3.63) is 65.4 Å². The number of hydrogen-bond acceptors (Lipinski definition) is 8. The fourth-order valence-corrected chi connectivity index (χ4v) is 4.09. The van der Waals surface area contributed by atoms with Crippen molar-refractivity contribution < 1.29 is 4.74 Å². The number of morpholine rings is 1. The molecule has 3 heterocycles. The number of nitrogens with one attached hydrogen (secondary N) is 2. The normalized spacial score (nSPS) is 13.9. The molecule has 1 aliphatic rings. The van der Waals surface area contributed by atoms with Gasteiger partial charge in [0.15, 0.2) is 0 Å². The van der Waals surface area contributed by atoms with E-state index in [9.17, 15) is 0 Å². The Balaban J connectivity index is 1.43. The van der Waals surface area contributed by atoms with Crippen LogP contribution < -0.4 is 15.5 Å². The summed E-state index contributed by atoms with van der Waals surface area (Å²) in [5.74, 6) is 1.11. The van der Waals surface area contributed by atoms with Crippen molar-refractivity contribution in [3.8, 4) is 0 Å². The zero-order chi connectivity index (χ0) is 21.9. The molecule has 4 aromatic rings. The van der Waals surface area contributed by atoms with Gasteiger partial charge in [-0.15, -0.1) is 0 Å². The number of benzene rings is 2.